The smallest absolute Gasteiger partial charge is 0.216 e. The van der Waals surface area contributed by atoms with Crippen LogP contribution in [0.5, 0.6) is 0 Å². The summed E-state index contributed by atoms with van der Waals surface area (Å²) in [5, 5.41) is 22.9. The SMILES string of the molecule is CSc1ncc(C(O)C(O)CCNC(C)=O)c(Cl)n1. The fourth-order valence-electron chi connectivity index (χ4n) is 1.41. The highest BCUT2D eigenvalue weighted by Gasteiger charge is 2.22. The van der Waals surface area contributed by atoms with E-state index in [1.54, 1.807) is 0 Å². The molecule has 0 aliphatic heterocycles. The first kappa shape index (κ1) is 16.2. The molecule has 0 aromatic carbocycles. The summed E-state index contributed by atoms with van der Waals surface area (Å²) in [7, 11) is 0. The van der Waals surface area contributed by atoms with Gasteiger partial charge in [-0.05, 0) is 12.7 Å². The molecule has 0 radical (unpaired) electrons. The number of carbonyl (C=O) groups is 1. The molecule has 0 fully saturated rings. The third-order valence-corrected chi connectivity index (χ3v) is 3.29. The highest BCUT2D eigenvalue weighted by molar-refractivity contribution is 7.98. The van der Waals surface area contributed by atoms with Gasteiger partial charge in [0.1, 0.15) is 11.3 Å². The lowest BCUT2D eigenvalue weighted by atomic mass is 10.1. The first-order chi connectivity index (χ1) is 8.95. The molecule has 106 valence electrons. The number of hydrogen-bond donors (Lipinski definition) is 3. The lowest BCUT2D eigenvalue weighted by Gasteiger charge is -2.18. The van der Waals surface area contributed by atoms with Gasteiger partial charge in [-0.25, -0.2) is 9.97 Å². The van der Waals surface area contributed by atoms with Gasteiger partial charge in [-0.15, -0.1) is 0 Å². The van der Waals surface area contributed by atoms with Crippen molar-refractivity contribution in [3.05, 3.63) is 16.9 Å². The Labute approximate surface area is 120 Å². The van der Waals surface area contributed by atoms with Gasteiger partial charge in [-0.1, -0.05) is 23.4 Å². The number of rotatable bonds is 6. The van der Waals surface area contributed by atoms with Gasteiger partial charge in [0.25, 0.3) is 0 Å². The van der Waals surface area contributed by atoms with Crippen LogP contribution in [0.25, 0.3) is 0 Å². The van der Waals surface area contributed by atoms with E-state index in [9.17, 15) is 15.0 Å². The Hall–Kier alpha value is -0.890. The van der Waals surface area contributed by atoms with Crippen LogP contribution >= 0.6 is 23.4 Å². The standard InChI is InChI=1S/C11H16ClN3O3S/c1-6(16)13-4-3-8(17)9(18)7-5-14-11(19-2)15-10(7)12/h5,8-9,17-18H,3-4H2,1-2H3,(H,13,16). The lowest BCUT2D eigenvalue weighted by Crippen LogP contribution is -2.28. The van der Waals surface area contributed by atoms with Gasteiger partial charge in [-0.2, -0.15) is 0 Å². The number of carbonyl (C=O) groups excluding carboxylic acids is 1. The zero-order chi connectivity index (χ0) is 14.4. The molecule has 0 aliphatic carbocycles. The first-order valence-electron chi connectivity index (χ1n) is 5.62. The molecule has 1 amide bonds. The first-order valence-corrected chi connectivity index (χ1v) is 7.23. The van der Waals surface area contributed by atoms with E-state index in [1.165, 1.54) is 24.9 Å². The highest BCUT2D eigenvalue weighted by atomic mass is 35.5. The van der Waals surface area contributed by atoms with Crippen LogP contribution in [-0.2, 0) is 4.79 Å². The highest BCUT2D eigenvalue weighted by Crippen LogP contribution is 2.25. The summed E-state index contributed by atoms with van der Waals surface area (Å²) < 4.78 is 0. The van der Waals surface area contributed by atoms with Crippen LogP contribution in [0.15, 0.2) is 11.4 Å². The maximum atomic E-state index is 10.7. The molecule has 6 nitrogen and oxygen atoms in total. The molecule has 0 saturated heterocycles. The van der Waals surface area contributed by atoms with Crippen molar-refractivity contribution in [2.24, 2.45) is 0 Å². The van der Waals surface area contributed by atoms with Crippen molar-refractivity contribution in [1.29, 1.82) is 0 Å². The van der Waals surface area contributed by atoms with Crippen LogP contribution in [0.1, 0.15) is 25.0 Å². The van der Waals surface area contributed by atoms with E-state index in [4.69, 9.17) is 11.6 Å². The molecule has 8 heteroatoms. The van der Waals surface area contributed by atoms with Crippen LogP contribution in [0.2, 0.25) is 5.15 Å². The molecule has 3 N–H and O–H groups in total. The third kappa shape index (κ3) is 4.94. The lowest BCUT2D eigenvalue weighted by molar-refractivity contribution is -0.119. The fourth-order valence-corrected chi connectivity index (χ4v) is 2.04. The number of halogens is 1. The van der Waals surface area contributed by atoms with Gasteiger partial charge in [0.2, 0.25) is 5.91 Å². The average molecular weight is 306 g/mol. The number of nitrogens with one attached hydrogen (secondary N) is 1. The Morgan fingerprint density at radius 1 is 1.58 bits per heavy atom. The Bertz CT molecular complexity index is 447. The van der Waals surface area contributed by atoms with Crippen LogP contribution in [0, 0.1) is 0 Å². The second-order valence-corrected chi connectivity index (χ2v) is 5.02. The van der Waals surface area contributed by atoms with Gasteiger partial charge in [-0.3, -0.25) is 4.79 Å². The fraction of sp³-hybridized carbons (Fsp3) is 0.545. The van der Waals surface area contributed by atoms with Gasteiger partial charge in [0.05, 0.1) is 6.10 Å². The van der Waals surface area contributed by atoms with Crippen molar-refractivity contribution in [2.45, 2.75) is 30.7 Å². The molecule has 1 aromatic rings. The van der Waals surface area contributed by atoms with E-state index in [0.29, 0.717) is 5.16 Å². The van der Waals surface area contributed by atoms with Crippen molar-refractivity contribution < 1.29 is 15.0 Å². The minimum Gasteiger partial charge on any atom is -0.390 e. The minimum absolute atomic E-state index is 0.116. The summed E-state index contributed by atoms with van der Waals surface area (Å²) >= 11 is 7.26. The van der Waals surface area contributed by atoms with Crippen molar-refractivity contribution in [1.82, 2.24) is 15.3 Å². The van der Waals surface area contributed by atoms with Crippen molar-refractivity contribution in [3.8, 4) is 0 Å². The second kappa shape index (κ2) is 7.64. The van der Waals surface area contributed by atoms with E-state index in [2.05, 4.69) is 15.3 Å². The Kier molecular flexibility index (Phi) is 6.50. The van der Waals surface area contributed by atoms with E-state index in [0.717, 1.165) is 0 Å². The summed E-state index contributed by atoms with van der Waals surface area (Å²) in [6, 6.07) is 0. The maximum Gasteiger partial charge on any atom is 0.216 e. The van der Waals surface area contributed by atoms with E-state index >= 15 is 0 Å². The van der Waals surface area contributed by atoms with E-state index < -0.39 is 12.2 Å². The molecule has 0 saturated carbocycles. The van der Waals surface area contributed by atoms with Gasteiger partial charge >= 0.3 is 0 Å². The summed E-state index contributed by atoms with van der Waals surface area (Å²) in [4.78, 5) is 18.7. The Balaban J connectivity index is 2.65. The van der Waals surface area contributed by atoms with Crippen LogP contribution < -0.4 is 5.32 Å². The molecular weight excluding hydrogens is 290 g/mol. The number of nitrogens with zero attached hydrogens (tertiary/aromatic N) is 2. The second-order valence-electron chi connectivity index (χ2n) is 3.89. The number of hydrogen-bond acceptors (Lipinski definition) is 6. The van der Waals surface area contributed by atoms with Crippen LogP contribution in [-0.4, -0.2) is 45.0 Å². The Morgan fingerprint density at radius 2 is 2.26 bits per heavy atom. The largest absolute Gasteiger partial charge is 0.390 e. The average Bonchev–Trinajstić information content (AvgIpc) is 2.37. The molecule has 1 aromatic heterocycles. The molecule has 0 aliphatic rings. The maximum absolute atomic E-state index is 10.7. The molecule has 2 atom stereocenters. The number of aliphatic hydroxyl groups excluding tert-OH is 2. The quantitative estimate of drug-likeness (QED) is 0.408. The number of aliphatic hydroxyl groups is 2. The monoisotopic (exact) mass is 305 g/mol. The summed E-state index contributed by atoms with van der Waals surface area (Å²) in [5.74, 6) is -0.188. The zero-order valence-electron chi connectivity index (χ0n) is 10.6. The molecule has 19 heavy (non-hydrogen) atoms. The topological polar surface area (TPSA) is 95.3 Å². The Morgan fingerprint density at radius 3 is 2.79 bits per heavy atom. The van der Waals surface area contributed by atoms with E-state index in [1.807, 2.05) is 6.26 Å². The number of aromatic nitrogens is 2. The molecule has 1 rings (SSSR count). The zero-order valence-corrected chi connectivity index (χ0v) is 12.2. The summed E-state index contributed by atoms with van der Waals surface area (Å²) in [5.41, 5.74) is 0.273. The van der Waals surface area contributed by atoms with Gasteiger partial charge < -0.3 is 15.5 Å². The van der Waals surface area contributed by atoms with E-state index in [-0.39, 0.29) is 29.6 Å². The van der Waals surface area contributed by atoms with Crippen LogP contribution in [0.3, 0.4) is 0 Å². The molecule has 1 heterocycles. The number of thioether (sulfide) groups is 1. The molecule has 0 spiro atoms. The third-order valence-electron chi connectivity index (χ3n) is 2.43. The van der Waals surface area contributed by atoms with Gasteiger partial charge in [0.15, 0.2) is 5.16 Å². The predicted molar refractivity (Wildman–Crippen MR) is 73.1 cm³/mol. The number of amides is 1. The molecule has 2 unspecified atom stereocenters. The van der Waals surface area contributed by atoms with Crippen molar-refractivity contribution in [3.63, 3.8) is 0 Å². The predicted octanol–water partition coefficient (Wildman–Crippen LogP) is 0.772. The summed E-state index contributed by atoms with van der Waals surface area (Å²) in [6.07, 6.45) is 1.18. The van der Waals surface area contributed by atoms with Crippen molar-refractivity contribution >= 4 is 29.3 Å². The van der Waals surface area contributed by atoms with Gasteiger partial charge in [0, 0.05) is 25.2 Å². The molecule has 0 bridgehead atoms. The van der Waals surface area contributed by atoms with Crippen LogP contribution in [0.4, 0.5) is 0 Å². The minimum atomic E-state index is -1.18. The summed E-state index contributed by atoms with van der Waals surface area (Å²) in [6.45, 7) is 1.66. The molecular formula is C11H16ClN3O3S. The van der Waals surface area contributed by atoms with Crippen molar-refractivity contribution in [2.75, 3.05) is 12.8 Å². The normalized spacial score (nSPS) is 13.9.